The van der Waals surface area contributed by atoms with Crippen molar-refractivity contribution in [3.8, 4) is 0 Å². The van der Waals surface area contributed by atoms with Crippen molar-refractivity contribution in [1.29, 1.82) is 0 Å². The van der Waals surface area contributed by atoms with Crippen LogP contribution in [-0.2, 0) is 6.42 Å². The molecule has 5 nitrogen and oxygen atoms in total. The van der Waals surface area contributed by atoms with Gasteiger partial charge >= 0.3 is 0 Å². The van der Waals surface area contributed by atoms with Crippen molar-refractivity contribution in [2.24, 2.45) is 0 Å². The lowest BCUT2D eigenvalue weighted by molar-refractivity contribution is 0.753. The number of nitrogens with one attached hydrogen (secondary N) is 1. The SMILES string of the molecule is Cc1cccnc1CC(C)Nc1ncc(C)c(N(C)C)n1. The smallest absolute Gasteiger partial charge is 0.224 e. The van der Waals surface area contributed by atoms with Crippen molar-refractivity contribution >= 4 is 11.8 Å². The Kier molecular flexibility index (Phi) is 4.73. The van der Waals surface area contributed by atoms with Gasteiger partial charge in [-0.3, -0.25) is 4.98 Å². The molecule has 0 radical (unpaired) electrons. The van der Waals surface area contributed by atoms with Gasteiger partial charge in [-0.2, -0.15) is 4.98 Å². The maximum absolute atomic E-state index is 4.56. The maximum Gasteiger partial charge on any atom is 0.224 e. The van der Waals surface area contributed by atoms with E-state index < -0.39 is 0 Å². The van der Waals surface area contributed by atoms with Crippen LogP contribution in [0, 0.1) is 13.8 Å². The minimum Gasteiger partial charge on any atom is -0.362 e. The topological polar surface area (TPSA) is 53.9 Å². The Balaban J connectivity index is 2.08. The van der Waals surface area contributed by atoms with Crippen LogP contribution >= 0.6 is 0 Å². The van der Waals surface area contributed by atoms with Crippen LogP contribution in [0.1, 0.15) is 23.7 Å². The molecule has 2 rings (SSSR count). The number of hydrogen-bond donors (Lipinski definition) is 1. The molecule has 0 fully saturated rings. The van der Waals surface area contributed by atoms with Crippen molar-refractivity contribution in [2.45, 2.75) is 33.2 Å². The average molecular weight is 285 g/mol. The van der Waals surface area contributed by atoms with Crippen molar-refractivity contribution in [1.82, 2.24) is 15.0 Å². The molecule has 1 unspecified atom stereocenters. The van der Waals surface area contributed by atoms with E-state index in [2.05, 4.69) is 40.2 Å². The van der Waals surface area contributed by atoms with E-state index in [0.717, 1.165) is 23.5 Å². The predicted octanol–water partition coefficient (Wildman–Crippen LogP) is 2.60. The molecule has 0 amide bonds. The molecule has 0 saturated heterocycles. The zero-order chi connectivity index (χ0) is 15.4. The first kappa shape index (κ1) is 15.2. The number of hydrogen-bond acceptors (Lipinski definition) is 5. The largest absolute Gasteiger partial charge is 0.362 e. The second kappa shape index (κ2) is 6.52. The summed E-state index contributed by atoms with van der Waals surface area (Å²) >= 11 is 0. The zero-order valence-electron chi connectivity index (χ0n) is 13.4. The van der Waals surface area contributed by atoms with Crippen LogP contribution in [0.3, 0.4) is 0 Å². The third-order valence-corrected chi connectivity index (χ3v) is 3.36. The van der Waals surface area contributed by atoms with Gasteiger partial charge in [-0.25, -0.2) is 4.98 Å². The zero-order valence-corrected chi connectivity index (χ0v) is 13.4. The lowest BCUT2D eigenvalue weighted by Gasteiger charge is -2.18. The minimum atomic E-state index is 0.219. The summed E-state index contributed by atoms with van der Waals surface area (Å²) in [6, 6.07) is 4.27. The van der Waals surface area contributed by atoms with Gasteiger partial charge in [-0.15, -0.1) is 0 Å². The van der Waals surface area contributed by atoms with Gasteiger partial charge in [-0.1, -0.05) is 6.07 Å². The Morgan fingerprint density at radius 2 is 1.95 bits per heavy atom. The molecule has 1 N–H and O–H groups in total. The molecule has 2 heterocycles. The molecule has 21 heavy (non-hydrogen) atoms. The molecule has 0 aliphatic heterocycles. The van der Waals surface area contributed by atoms with Crippen molar-refractivity contribution < 1.29 is 0 Å². The number of aromatic nitrogens is 3. The summed E-state index contributed by atoms with van der Waals surface area (Å²) in [5, 5.41) is 3.35. The lowest BCUT2D eigenvalue weighted by atomic mass is 10.1. The van der Waals surface area contributed by atoms with Gasteiger partial charge in [0.15, 0.2) is 0 Å². The highest BCUT2D eigenvalue weighted by Crippen LogP contribution is 2.16. The first-order valence-electron chi connectivity index (χ1n) is 7.15. The highest BCUT2D eigenvalue weighted by atomic mass is 15.2. The van der Waals surface area contributed by atoms with E-state index in [9.17, 15) is 0 Å². The van der Waals surface area contributed by atoms with Gasteiger partial charge in [0.2, 0.25) is 5.95 Å². The van der Waals surface area contributed by atoms with Gasteiger partial charge < -0.3 is 10.2 Å². The number of aryl methyl sites for hydroxylation is 2. The van der Waals surface area contributed by atoms with Gasteiger partial charge in [0.05, 0.1) is 0 Å². The summed E-state index contributed by atoms with van der Waals surface area (Å²) in [5.74, 6) is 1.60. The van der Waals surface area contributed by atoms with E-state index in [-0.39, 0.29) is 6.04 Å². The van der Waals surface area contributed by atoms with Crippen molar-refractivity contribution in [3.63, 3.8) is 0 Å². The Morgan fingerprint density at radius 1 is 1.19 bits per heavy atom. The van der Waals surface area contributed by atoms with Gasteiger partial charge in [-0.05, 0) is 32.4 Å². The molecule has 0 aromatic carbocycles. The fourth-order valence-corrected chi connectivity index (χ4v) is 2.25. The fourth-order valence-electron chi connectivity index (χ4n) is 2.25. The molecular formula is C16H23N5. The molecule has 1 atom stereocenters. The maximum atomic E-state index is 4.56. The first-order chi connectivity index (χ1) is 9.97. The van der Waals surface area contributed by atoms with Crippen molar-refractivity contribution in [3.05, 3.63) is 41.3 Å². The normalized spacial score (nSPS) is 12.0. The molecule has 0 aliphatic carbocycles. The monoisotopic (exact) mass is 285 g/mol. The molecular weight excluding hydrogens is 262 g/mol. The summed E-state index contributed by atoms with van der Waals surface area (Å²) in [5.41, 5.74) is 3.39. The second-order valence-electron chi connectivity index (χ2n) is 5.61. The highest BCUT2D eigenvalue weighted by molar-refractivity contribution is 5.47. The van der Waals surface area contributed by atoms with Crippen molar-refractivity contribution in [2.75, 3.05) is 24.3 Å². The molecule has 2 aromatic rings. The van der Waals surface area contributed by atoms with Crippen LogP contribution in [-0.4, -0.2) is 35.1 Å². The second-order valence-corrected chi connectivity index (χ2v) is 5.61. The highest BCUT2D eigenvalue weighted by Gasteiger charge is 2.10. The van der Waals surface area contributed by atoms with E-state index in [0.29, 0.717) is 5.95 Å². The molecule has 2 aromatic heterocycles. The standard InChI is InChI=1S/C16H23N5/c1-11-7-6-8-17-14(11)9-13(3)19-16-18-10-12(2)15(20-16)21(4)5/h6-8,10,13H,9H2,1-5H3,(H,18,19,20). The number of anilines is 2. The van der Waals surface area contributed by atoms with E-state index in [1.807, 2.05) is 44.4 Å². The van der Waals surface area contributed by atoms with Crippen LogP contribution in [0.25, 0.3) is 0 Å². The Hall–Kier alpha value is -2.17. The minimum absolute atomic E-state index is 0.219. The summed E-state index contributed by atoms with van der Waals surface area (Å²) in [6.07, 6.45) is 4.53. The van der Waals surface area contributed by atoms with E-state index in [4.69, 9.17) is 0 Å². The lowest BCUT2D eigenvalue weighted by Crippen LogP contribution is -2.22. The van der Waals surface area contributed by atoms with Crippen LogP contribution in [0.15, 0.2) is 24.5 Å². The third kappa shape index (κ3) is 3.90. The van der Waals surface area contributed by atoms with E-state index >= 15 is 0 Å². The number of pyridine rings is 1. The molecule has 0 bridgehead atoms. The number of rotatable bonds is 5. The van der Waals surface area contributed by atoms with Crippen LogP contribution in [0.4, 0.5) is 11.8 Å². The summed E-state index contributed by atoms with van der Waals surface area (Å²) in [4.78, 5) is 15.3. The molecule has 112 valence electrons. The van der Waals surface area contributed by atoms with Gasteiger partial charge in [0.25, 0.3) is 0 Å². The molecule has 0 spiro atoms. The Morgan fingerprint density at radius 3 is 2.62 bits per heavy atom. The Bertz CT molecular complexity index is 609. The van der Waals surface area contributed by atoms with E-state index in [1.54, 1.807) is 0 Å². The predicted molar refractivity (Wildman–Crippen MR) is 86.9 cm³/mol. The van der Waals surface area contributed by atoms with Crippen LogP contribution in [0.2, 0.25) is 0 Å². The third-order valence-electron chi connectivity index (χ3n) is 3.36. The van der Waals surface area contributed by atoms with E-state index in [1.165, 1.54) is 5.56 Å². The van der Waals surface area contributed by atoms with Crippen LogP contribution < -0.4 is 10.2 Å². The summed E-state index contributed by atoms with van der Waals surface area (Å²) in [6.45, 7) is 6.22. The summed E-state index contributed by atoms with van der Waals surface area (Å²) < 4.78 is 0. The number of nitrogens with zero attached hydrogens (tertiary/aromatic N) is 4. The molecule has 0 saturated carbocycles. The molecule has 0 aliphatic rings. The molecule has 5 heteroatoms. The van der Waals surface area contributed by atoms with Crippen LogP contribution in [0.5, 0.6) is 0 Å². The van der Waals surface area contributed by atoms with Gasteiger partial charge in [0, 0.05) is 50.2 Å². The summed E-state index contributed by atoms with van der Waals surface area (Å²) in [7, 11) is 3.97. The first-order valence-corrected chi connectivity index (χ1v) is 7.15. The Labute approximate surface area is 126 Å². The quantitative estimate of drug-likeness (QED) is 0.915. The van der Waals surface area contributed by atoms with Gasteiger partial charge in [0.1, 0.15) is 5.82 Å². The fraction of sp³-hybridized carbons (Fsp3) is 0.438. The average Bonchev–Trinajstić information content (AvgIpc) is 2.43.